The summed E-state index contributed by atoms with van der Waals surface area (Å²) >= 11 is 0. The fourth-order valence-electron chi connectivity index (χ4n) is 3.46. The molecule has 1 saturated heterocycles. The van der Waals surface area contributed by atoms with Crippen molar-refractivity contribution >= 4 is 20.2 Å². The summed E-state index contributed by atoms with van der Waals surface area (Å²) in [5.41, 5.74) is 0.521. The number of carbonyl (C=O) groups excluding carboxylic acids is 2. The second-order valence-corrected chi connectivity index (χ2v) is 11.2. The number of rotatable bonds is 3. The van der Waals surface area contributed by atoms with Crippen LogP contribution in [0.1, 0.15) is 29.3 Å². The number of hydrogen-bond acceptors (Lipinski definition) is 4. The Morgan fingerprint density at radius 1 is 1.32 bits per heavy atom. The van der Waals surface area contributed by atoms with Crippen LogP contribution in [-0.4, -0.2) is 37.7 Å². The van der Waals surface area contributed by atoms with E-state index < -0.39 is 20.1 Å². The first-order valence-corrected chi connectivity index (χ1v) is 11.0. The van der Waals surface area contributed by atoms with Crippen LogP contribution < -0.4 is 0 Å². The molecule has 6 heteroatoms. The molecule has 2 heterocycles. The maximum Gasteiger partial charge on any atom is 0.303 e. The van der Waals surface area contributed by atoms with Crippen molar-refractivity contribution in [3.05, 3.63) is 35.4 Å². The lowest BCUT2D eigenvalue weighted by Crippen LogP contribution is -2.53. The maximum absolute atomic E-state index is 12.7. The molecule has 2 aliphatic heterocycles. The van der Waals surface area contributed by atoms with Crippen LogP contribution in [0.2, 0.25) is 19.6 Å². The molecule has 2 aliphatic rings. The molecular formula is C16H21NO4Si. The molecule has 0 aromatic heterocycles. The Morgan fingerprint density at radius 3 is 2.64 bits per heavy atom. The highest BCUT2D eigenvalue weighted by molar-refractivity contribution is 6.69. The van der Waals surface area contributed by atoms with Gasteiger partial charge in [0.25, 0.3) is 5.91 Å². The Hall–Kier alpha value is -1.66. The summed E-state index contributed by atoms with van der Waals surface area (Å²) in [6, 6.07) is 7.47. The van der Waals surface area contributed by atoms with E-state index in [1.54, 1.807) is 4.90 Å². The maximum atomic E-state index is 12.7. The fourth-order valence-corrected chi connectivity index (χ4v) is 4.75. The summed E-state index contributed by atoms with van der Waals surface area (Å²) in [4.78, 5) is 26.0. The van der Waals surface area contributed by atoms with Crippen LogP contribution in [0.25, 0.3) is 0 Å². The molecular weight excluding hydrogens is 298 g/mol. The summed E-state index contributed by atoms with van der Waals surface area (Å²) in [5, 5.41) is 0. The summed E-state index contributed by atoms with van der Waals surface area (Å²) in [6.07, 6.45) is 0.147. The average Bonchev–Trinajstić information content (AvgIpc) is 2.85. The van der Waals surface area contributed by atoms with Gasteiger partial charge in [0.05, 0.1) is 0 Å². The van der Waals surface area contributed by atoms with Crippen LogP contribution >= 0.6 is 0 Å². The van der Waals surface area contributed by atoms with Crippen molar-refractivity contribution in [2.75, 3.05) is 6.54 Å². The van der Waals surface area contributed by atoms with Gasteiger partial charge < -0.3 is 14.1 Å². The van der Waals surface area contributed by atoms with Gasteiger partial charge >= 0.3 is 5.97 Å². The van der Waals surface area contributed by atoms with Gasteiger partial charge in [-0.1, -0.05) is 18.2 Å². The van der Waals surface area contributed by atoms with Gasteiger partial charge in [-0.05, 0) is 25.7 Å². The first-order chi connectivity index (χ1) is 10.3. The van der Waals surface area contributed by atoms with Crippen molar-refractivity contribution in [1.29, 1.82) is 0 Å². The Labute approximate surface area is 131 Å². The molecule has 5 nitrogen and oxygen atoms in total. The lowest BCUT2D eigenvalue weighted by molar-refractivity contribution is -0.168. The number of amides is 1. The number of fused-ring (bicyclic) bond motifs is 3. The molecule has 0 bridgehead atoms. The molecule has 0 unspecified atom stereocenters. The van der Waals surface area contributed by atoms with Gasteiger partial charge in [0, 0.05) is 31.0 Å². The van der Waals surface area contributed by atoms with Gasteiger partial charge in [0.1, 0.15) is 0 Å². The molecule has 0 spiro atoms. The van der Waals surface area contributed by atoms with Crippen LogP contribution in [0.15, 0.2) is 24.3 Å². The van der Waals surface area contributed by atoms with Gasteiger partial charge in [0.15, 0.2) is 20.1 Å². The Kier molecular flexibility index (Phi) is 3.41. The van der Waals surface area contributed by atoms with Crippen molar-refractivity contribution in [1.82, 2.24) is 4.90 Å². The molecule has 1 fully saturated rings. The van der Waals surface area contributed by atoms with E-state index in [2.05, 4.69) is 19.6 Å². The minimum atomic E-state index is -1.99. The van der Waals surface area contributed by atoms with Crippen LogP contribution in [0.3, 0.4) is 0 Å². The molecule has 0 radical (unpaired) electrons. The number of nitrogens with zero attached hydrogens (tertiary/aromatic N) is 1. The third-order valence-corrected chi connectivity index (χ3v) is 4.93. The van der Waals surface area contributed by atoms with E-state index in [9.17, 15) is 9.59 Å². The molecule has 0 aliphatic carbocycles. The van der Waals surface area contributed by atoms with Crippen LogP contribution in [0, 0.1) is 0 Å². The number of ether oxygens (including phenoxy) is 1. The van der Waals surface area contributed by atoms with Gasteiger partial charge in [-0.3, -0.25) is 9.59 Å². The summed E-state index contributed by atoms with van der Waals surface area (Å²) in [5.74, 6) is -0.384. The van der Waals surface area contributed by atoms with Crippen molar-refractivity contribution in [2.24, 2.45) is 0 Å². The van der Waals surface area contributed by atoms with E-state index in [-0.39, 0.29) is 11.9 Å². The van der Waals surface area contributed by atoms with E-state index in [4.69, 9.17) is 9.16 Å². The molecule has 0 N–H and O–H groups in total. The molecule has 0 saturated carbocycles. The van der Waals surface area contributed by atoms with Gasteiger partial charge in [-0.15, -0.1) is 0 Å². The monoisotopic (exact) mass is 319 g/mol. The van der Waals surface area contributed by atoms with E-state index in [1.165, 1.54) is 6.92 Å². The van der Waals surface area contributed by atoms with Gasteiger partial charge in [-0.25, -0.2) is 0 Å². The predicted molar refractivity (Wildman–Crippen MR) is 83.8 cm³/mol. The van der Waals surface area contributed by atoms with E-state index in [0.717, 1.165) is 5.56 Å². The van der Waals surface area contributed by atoms with Gasteiger partial charge in [-0.2, -0.15) is 0 Å². The van der Waals surface area contributed by atoms with Crippen molar-refractivity contribution in [2.45, 2.75) is 44.8 Å². The minimum absolute atomic E-state index is 0.0384. The quantitative estimate of drug-likeness (QED) is 0.634. The third-order valence-electron chi connectivity index (χ3n) is 4.01. The van der Waals surface area contributed by atoms with Gasteiger partial charge in [0.2, 0.25) is 0 Å². The second kappa shape index (κ2) is 4.92. The molecule has 118 valence electrons. The topological polar surface area (TPSA) is 55.8 Å². The Balaban J connectivity index is 2.16. The second-order valence-electron chi connectivity index (χ2n) is 6.80. The highest BCUT2D eigenvalue weighted by Gasteiger charge is 2.62. The highest BCUT2D eigenvalue weighted by Crippen LogP contribution is 2.50. The zero-order valence-corrected chi connectivity index (χ0v) is 14.4. The predicted octanol–water partition coefficient (Wildman–Crippen LogP) is 2.48. The van der Waals surface area contributed by atoms with Crippen LogP contribution in [-0.2, 0) is 19.7 Å². The summed E-state index contributed by atoms with van der Waals surface area (Å²) < 4.78 is 12.0. The van der Waals surface area contributed by atoms with E-state index in [0.29, 0.717) is 18.5 Å². The third kappa shape index (κ3) is 2.18. The molecule has 1 amide bonds. The van der Waals surface area contributed by atoms with Crippen LogP contribution in [0.5, 0.6) is 0 Å². The summed E-state index contributed by atoms with van der Waals surface area (Å²) in [6.45, 7) is 8.17. The molecule has 1 aromatic carbocycles. The molecule has 1 aromatic rings. The Morgan fingerprint density at radius 2 is 2.00 bits per heavy atom. The number of hydrogen-bond donors (Lipinski definition) is 0. The first-order valence-electron chi connectivity index (χ1n) is 7.54. The SMILES string of the molecule is CC(=O)O[C@H]1CCN2C(=O)c3ccccc3[C@]12O[Si](C)(C)C. The lowest BCUT2D eigenvalue weighted by atomic mass is 9.97. The standard InChI is InChI=1S/C16H21NO4Si/c1-11(18)20-14-9-10-17-15(19)12-7-5-6-8-13(12)16(14,17)21-22(2,3)4/h5-8,14H,9-10H2,1-4H3/t14-,16-/m0/s1. The fraction of sp³-hybridized carbons (Fsp3) is 0.500. The zero-order valence-electron chi connectivity index (χ0n) is 13.4. The van der Waals surface area contributed by atoms with Crippen molar-refractivity contribution in [3.63, 3.8) is 0 Å². The highest BCUT2D eigenvalue weighted by atomic mass is 28.4. The van der Waals surface area contributed by atoms with Crippen LogP contribution in [0.4, 0.5) is 0 Å². The average molecular weight is 319 g/mol. The molecule has 3 rings (SSSR count). The van der Waals surface area contributed by atoms with Crippen molar-refractivity contribution in [3.8, 4) is 0 Å². The number of benzene rings is 1. The van der Waals surface area contributed by atoms with Crippen molar-refractivity contribution < 1.29 is 18.8 Å². The smallest absolute Gasteiger partial charge is 0.303 e. The number of esters is 1. The Bertz CT molecular complexity index is 639. The summed E-state index contributed by atoms with van der Waals surface area (Å²) in [7, 11) is -1.99. The van der Waals surface area contributed by atoms with E-state index in [1.807, 2.05) is 24.3 Å². The molecule has 22 heavy (non-hydrogen) atoms. The van der Waals surface area contributed by atoms with E-state index >= 15 is 0 Å². The first kappa shape index (κ1) is 15.2. The zero-order chi connectivity index (χ0) is 16.1. The number of carbonyl (C=O) groups is 2. The normalized spacial score (nSPS) is 26.8. The minimum Gasteiger partial charge on any atom is -0.457 e. The molecule has 2 atom stereocenters. The largest absolute Gasteiger partial charge is 0.457 e. The lowest BCUT2D eigenvalue weighted by Gasteiger charge is -2.41.